The van der Waals surface area contributed by atoms with Gasteiger partial charge in [0.15, 0.2) is 0 Å². The first-order valence-electron chi connectivity index (χ1n) is 6.44. The van der Waals surface area contributed by atoms with Crippen molar-refractivity contribution in [1.29, 1.82) is 0 Å². The Kier molecular flexibility index (Phi) is 2.71. The molecule has 3 rings (SSSR count). The van der Waals surface area contributed by atoms with Crippen molar-refractivity contribution in [2.24, 2.45) is 5.92 Å². The topological polar surface area (TPSA) is 16.1 Å². The van der Waals surface area contributed by atoms with Gasteiger partial charge in [0, 0.05) is 18.5 Å². The number of piperidine rings is 1. The molecule has 1 aliphatic heterocycles. The monoisotopic (exact) mass is 226 g/mol. The van der Waals surface area contributed by atoms with E-state index in [1.165, 1.54) is 18.2 Å². The van der Waals surface area contributed by atoms with Gasteiger partial charge in [-0.15, -0.1) is 0 Å². The Morgan fingerprint density at radius 3 is 2.94 bits per heavy atom. The van der Waals surface area contributed by atoms with Gasteiger partial charge in [0.2, 0.25) is 0 Å². The van der Waals surface area contributed by atoms with Crippen molar-refractivity contribution in [2.75, 3.05) is 18.0 Å². The van der Waals surface area contributed by atoms with Crippen LogP contribution in [0, 0.1) is 5.92 Å². The first kappa shape index (κ1) is 10.6. The number of hydrogen-bond donors (Lipinski definition) is 0. The average molecular weight is 226 g/mol. The van der Waals surface area contributed by atoms with Crippen molar-refractivity contribution >= 4 is 16.7 Å². The molecule has 0 spiro atoms. The van der Waals surface area contributed by atoms with E-state index in [-0.39, 0.29) is 0 Å². The Hall–Kier alpha value is -1.57. The maximum Gasteiger partial charge on any atom is 0.129 e. The van der Waals surface area contributed by atoms with Crippen molar-refractivity contribution in [3.05, 3.63) is 36.4 Å². The first-order valence-corrected chi connectivity index (χ1v) is 6.44. The van der Waals surface area contributed by atoms with E-state index in [0.717, 1.165) is 30.3 Å². The van der Waals surface area contributed by atoms with E-state index in [2.05, 4.69) is 48.2 Å². The van der Waals surface area contributed by atoms with Gasteiger partial charge in [-0.2, -0.15) is 0 Å². The summed E-state index contributed by atoms with van der Waals surface area (Å²) in [6.45, 7) is 4.62. The Bertz CT molecular complexity index is 521. The van der Waals surface area contributed by atoms with Gasteiger partial charge in [-0.3, -0.25) is 0 Å². The molecule has 0 N–H and O–H groups in total. The number of para-hydroxylation sites is 1. The Morgan fingerprint density at radius 1 is 1.18 bits per heavy atom. The van der Waals surface area contributed by atoms with Crippen molar-refractivity contribution in [3.8, 4) is 0 Å². The molecule has 0 amide bonds. The number of fused-ring (bicyclic) bond motifs is 1. The SMILES string of the molecule is CC1CCCN(c2ccc3ccccc3n2)C1. The summed E-state index contributed by atoms with van der Waals surface area (Å²) in [4.78, 5) is 7.18. The second-order valence-corrected chi connectivity index (χ2v) is 5.06. The summed E-state index contributed by atoms with van der Waals surface area (Å²) < 4.78 is 0. The van der Waals surface area contributed by atoms with Crippen LogP contribution in [0.3, 0.4) is 0 Å². The van der Waals surface area contributed by atoms with E-state index in [1.54, 1.807) is 0 Å². The smallest absolute Gasteiger partial charge is 0.129 e. The van der Waals surface area contributed by atoms with Gasteiger partial charge in [0.1, 0.15) is 5.82 Å². The van der Waals surface area contributed by atoms with Crippen LogP contribution >= 0.6 is 0 Å². The summed E-state index contributed by atoms with van der Waals surface area (Å²) in [7, 11) is 0. The molecule has 1 atom stereocenters. The predicted molar refractivity (Wildman–Crippen MR) is 72.4 cm³/mol. The van der Waals surface area contributed by atoms with Crippen LogP contribution in [0.5, 0.6) is 0 Å². The minimum Gasteiger partial charge on any atom is -0.356 e. The highest BCUT2D eigenvalue weighted by atomic mass is 15.2. The molecule has 1 aliphatic rings. The maximum atomic E-state index is 4.76. The molecule has 0 saturated carbocycles. The lowest BCUT2D eigenvalue weighted by molar-refractivity contribution is 0.445. The number of aromatic nitrogens is 1. The highest BCUT2D eigenvalue weighted by Crippen LogP contribution is 2.23. The molecule has 1 fully saturated rings. The van der Waals surface area contributed by atoms with Crippen LogP contribution in [0.2, 0.25) is 0 Å². The molecule has 2 nitrogen and oxygen atoms in total. The molecular weight excluding hydrogens is 208 g/mol. The fourth-order valence-corrected chi connectivity index (χ4v) is 2.63. The molecule has 1 unspecified atom stereocenters. The highest BCUT2D eigenvalue weighted by molar-refractivity contribution is 5.80. The van der Waals surface area contributed by atoms with Crippen molar-refractivity contribution < 1.29 is 0 Å². The normalized spacial score (nSPS) is 20.8. The minimum atomic E-state index is 0.789. The molecule has 88 valence electrons. The molecule has 0 aliphatic carbocycles. The fourth-order valence-electron chi connectivity index (χ4n) is 2.63. The Balaban J connectivity index is 1.94. The quantitative estimate of drug-likeness (QED) is 0.740. The van der Waals surface area contributed by atoms with Crippen LogP contribution in [0.15, 0.2) is 36.4 Å². The lowest BCUT2D eigenvalue weighted by Crippen LogP contribution is -2.34. The average Bonchev–Trinajstić information content (AvgIpc) is 2.38. The lowest BCUT2D eigenvalue weighted by Gasteiger charge is -2.31. The zero-order valence-electron chi connectivity index (χ0n) is 10.3. The molecule has 1 aromatic heterocycles. The van der Waals surface area contributed by atoms with E-state index < -0.39 is 0 Å². The minimum absolute atomic E-state index is 0.789. The van der Waals surface area contributed by atoms with Crippen LogP contribution in [0.1, 0.15) is 19.8 Å². The van der Waals surface area contributed by atoms with Gasteiger partial charge in [-0.25, -0.2) is 4.98 Å². The molecule has 1 aromatic carbocycles. The molecule has 2 heteroatoms. The van der Waals surface area contributed by atoms with Gasteiger partial charge in [0.25, 0.3) is 0 Å². The summed E-state index contributed by atoms with van der Waals surface area (Å²) in [5.41, 5.74) is 1.10. The second-order valence-electron chi connectivity index (χ2n) is 5.06. The summed E-state index contributed by atoms with van der Waals surface area (Å²) in [6, 6.07) is 12.7. The molecule has 2 aromatic rings. The molecule has 17 heavy (non-hydrogen) atoms. The van der Waals surface area contributed by atoms with Gasteiger partial charge >= 0.3 is 0 Å². The predicted octanol–water partition coefficient (Wildman–Crippen LogP) is 3.47. The third-order valence-corrected chi connectivity index (χ3v) is 3.56. The third-order valence-electron chi connectivity index (χ3n) is 3.56. The van der Waals surface area contributed by atoms with Gasteiger partial charge in [0.05, 0.1) is 5.52 Å². The number of benzene rings is 1. The summed E-state index contributed by atoms with van der Waals surface area (Å²) >= 11 is 0. The van der Waals surface area contributed by atoms with E-state index in [1.807, 2.05) is 0 Å². The summed E-state index contributed by atoms with van der Waals surface area (Å²) in [5.74, 6) is 1.92. The first-order chi connectivity index (χ1) is 8.33. The standard InChI is InChI=1S/C15H18N2/c1-12-5-4-10-17(11-12)15-9-8-13-6-2-3-7-14(13)16-15/h2-3,6-9,12H,4-5,10-11H2,1H3. The van der Waals surface area contributed by atoms with Crippen molar-refractivity contribution in [2.45, 2.75) is 19.8 Å². The molecular formula is C15H18N2. The maximum absolute atomic E-state index is 4.76. The zero-order valence-corrected chi connectivity index (χ0v) is 10.3. The van der Waals surface area contributed by atoms with E-state index in [4.69, 9.17) is 4.98 Å². The van der Waals surface area contributed by atoms with Crippen LogP contribution < -0.4 is 4.90 Å². The van der Waals surface area contributed by atoms with E-state index in [0.29, 0.717) is 0 Å². The number of nitrogens with zero attached hydrogens (tertiary/aromatic N) is 2. The Morgan fingerprint density at radius 2 is 2.06 bits per heavy atom. The number of anilines is 1. The van der Waals surface area contributed by atoms with Crippen molar-refractivity contribution in [3.63, 3.8) is 0 Å². The summed E-state index contributed by atoms with van der Waals surface area (Å²) in [5, 5.41) is 1.22. The van der Waals surface area contributed by atoms with Gasteiger partial charge < -0.3 is 4.90 Å². The lowest BCUT2D eigenvalue weighted by atomic mass is 10.0. The van der Waals surface area contributed by atoms with Crippen LogP contribution in [-0.2, 0) is 0 Å². The van der Waals surface area contributed by atoms with E-state index >= 15 is 0 Å². The zero-order chi connectivity index (χ0) is 11.7. The molecule has 1 saturated heterocycles. The largest absolute Gasteiger partial charge is 0.356 e. The third kappa shape index (κ3) is 2.12. The number of pyridine rings is 1. The van der Waals surface area contributed by atoms with Gasteiger partial charge in [-0.1, -0.05) is 25.1 Å². The summed E-state index contributed by atoms with van der Waals surface area (Å²) in [6.07, 6.45) is 2.64. The van der Waals surface area contributed by atoms with Crippen LogP contribution in [0.4, 0.5) is 5.82 Å². The van der Waals surface area contributed by atoms with E-state index in [9.17, 15) is 0 Å². The van der Waals surface area contributed by atoms with Gasteiger partial charge in [-0.05, 0) is 37.0 Å². The van der Waals surface area contributed by atoms with Crippen molar-refractivity contribution in [1.82, 2.24) is 4.98 Å². The molecule has 2 heterocycles. The highest BCUT2D eigenvalue weighted by Gasteiger charge is 2.17. The molecule has 0 bridgehead atoms. The second kappa shape index (κ2) is 4.36. The number of rotatable bonds is 1. The fraction of sp³-hybridized carbons (Fsp3) is 0.400. The van der Waals surface area contributed by atoms with Crippen LogP contribution in [-0.4, -0.2) is 18.1 Å². The Labute approximate surface area is 102 Å². The number of hydrogen-bond acceptors (Lipinski definition) is 2. The molecule has 0 radical (unpaired) electrons. The van der Waals surface area contributed by atoms with Crippen LogP contribution in [0.25, 0.3) is 10.9 Å².